The fourth-order valence-corrected chi connectivity index (χ4v) is 4.20. The lowest BCUT2D eigenvalue weighted by Gasteiger charge is -2.26. The molecule has 1 N–H and O–H groups in total. The summed E-state index contributed by atoms with van der Waals surface area (Å²) < 4.78 is 0. The third kappa shape index (κ3) is 6.99. The van der Waals surface area contributed by atoms with Gasteiger partial charge in [-0.3, -0.25) is 14.6 Å². The number of nitrogens with one attached hydrogen (secondary N) is 1. The first-order valence-electron chi connectivity index (χ1n) is 11.8. The molecule has 5 nitrogen and oxygen atoms in total. The van der Waals surface area contributed by atoms with E-state index in [1.165, 1.54) is 18.4 Å². The lowest BCUT2D eigenvalue weighted by atomic mass is 9.93. The average Bonchev–Trinajstić information content (AvgIpc) is 3.61. The van der Waals surface area contributed by atoms with Crippen molar-refractivity contribution in [2.75, 3.05) is 20.6 Å². The molecule has 1 fully saturated rings. The number of nitrogens with zero attached hydrogens (tertiary/aromatic N) is 2. The summed E-state index contributed by atoms with van der Waals surface area (Å²) >= 11 is 0. The Morgan fingerprint density at radius 2 is 1.97 bits per heavy atom. The standard InChI is InChI=1S/C27H37N3O2/c1-5-26(31)22-12-11-21(19(2)14-22)16-24(30(3)4)18-29-27(32)17-23(15-20-9-10-20)25-8-6-7-13-28-25/h6-8,11-14,20,23-24H,5,9-10,15-18H2,1-4H3,(H,29,32)/t23-,24+/m1/s1. The van der Waals surface area contributed by atoms with Gasteiger partial charge >= 0.3 is 0 Å². The predicted molar refractivity (Wildman–Crippen MR) is 129 cm³/mol. The molecular weight excluding hydrogens is 398 g/mol. The van der Waals surface area contributed by atoms with Crippen molar-refractivity contribution in [1.82, 2.24) is 15.2 Å². The Hall–Kier alpha value is -2.53. The number of rotatable bonds is 12. The van der Waals surface area contributed by atoms with Crippen molar-refractivity contribution < 1.29 is 9.59 Å². The highest BCUT2D eigenvalue weighted by molar-refractivity contribution is 5.96. The molecule has 1 aromatic heterocycles. The number of ketones is 1. The topological polar surface area (TPSA) is 62.3 Å². The SMILES string of the molecule is CCC(=O)c1ccc(C[C@@H](CNC(=O)C[C@@H](CC2CC2)c2ccccn2)N(C)C)c(C)c1. The lowest BCUT2D eigenvalue weighted by molar-refractivity contribution is -0.121. The molecule has 5 heteroatoms. The van der Waals surface area contributed by atoms with Gasteiger partial charge in [-0.15, -0.1) is 0 Å². The molecule has 1 aliphatic rings. The molecule has 1 aromatic carbocycles. The van der Waals surface area contributed by atoms with Crippen molar-refractivity contribution in [3.63, 3.8) is 0 Å². The van der Waals surface area contributed by atoms with Gasteiger partial charge in [-0.1, -0.05) is 38.0 Å². The van der Waals surface area contributed by atoms with E-state index in [1.807, 2.05) is 57.5 Å². The predicted octanol–water partition coefficient (Wildman–Crippen LogP) is 4.55. The number of benzene rings is 1. The molecule has 0 radical (unpaired) electrons. The third-order valence-corrected chi connectivity index (χ3v) is 6.56. The molecule has 1 heterocycles. The Kier molecular flexibility index (Phi) is 8.57. The summed E-state index contributed by atoms with van der Waals surface area (Å²) in [6.07, 6.45) is 7.24. The van der Waals surface area contributed by atoms with Crippen LogP contribution in [-0.4, -0.2) is 48.3 Å². The number of hydrogen-bond donors (Lipinski definition) is 1. The maximum absolute atomic E-state index is 12.8. The van der Waals surface area contributed by atoms with E-state index in [4.69, 9.17) is 0 Å². The Labute approximate surface area is 192 Å². The summed E-state index contributed by atoms with van der Waals surface area (Å²) in [6.45, 7) is 4.54. The zero-order valence-electron chi connectivity index (χ0n) is 19.9. The minimum Gasteiger partial charge on any atom is -0.355 e. The van der Waals surface area contributed by atoms with Crippen molar-refractivity contribution >= 4 is 11.7 Å². The van der Waals surface area contributed by atoms with Gasteiger partial charge in [-0.05, 0) is 69.1 Å². The van der Waals surface area contributed by atoms with Crippen LogP contribution < -0.4 is 5.32 Å². The second-order valence-corrected chi connectivity index (χ2v) is 9.38. The highest BCUT2D eigenvalue weighted by Crippen LogP contribution is 2.39. The van der Waals surface area contributed by atoms with Crippen LogP contribution in [0.2, 0.25) is 0 Å². The van der Waals surface area contributed by atoms with E-state index >= 15 is 0 Å². The number of likely N-dealkylation sites (N-methyl/N-ethyl adjacent to an activating group) is 1. The van der Waals surface area contributed by atoms with Gasteiger partial charge in [0.1, 0.15) is 0 Å². The number of hydrogen-bond acceptors (Lipinski definition) is 4. The minimum atomic E-state index is 0.0914. The number of aromatic nitrogens is 1. The molecule has 2 aromatic rings. The molecule has 1 aliphatic carbocycles. The normalized spacial score (nSPS) is 15.4. The van der Waals surface area contributed by atoms with Crippen LogP contribution in [0.5, 0.6) is 0 Å². The van der Waals surface area contributed by atoms with Gasteiger partial charge < -0.3 is 10.2 Å². The summed E-state index contributed by atoms with van der Waals surface area (Å²) in [7, 11) is 4.09. The van der Waals surface area contributed by atoms with Crippen molar-refractivity contribution in [2.45, 2.75) is 64.3 Å². The van der Waals surface area contributed by atoms with Crippen LogP contribution >= 0.6 is 0 Å². The van der Waals surface area contributed by atoms with Crippen molar-refractivity contribution in [1.29, 1.82) is 0 Å². The van der Waals surface area contributed by atoms with Crippen LogP contribution in [0.3, 0.4) is 0 Å². The van der Waals surface area contributed by atoms with Gasteiger partial charge in [0, 0.05) is 48.8 Å². The van der Waals surface area contributed by atoms with Gasteiger partial charge in [0.05, 0.1) is 0 Å². The van der Waals surface area contributed by atoms with Gasteiger partial charge in [0.2, 0.25) is 5.91 Å². The van der Waals surface area contributed by atoms with E-state index < -0.39 is 0 Å². The number of carbonyl (C=O) groups is 2. The zero-order chi connectivity index (χ0) is 23.1. The van der Waals surface area contributed by atoms with Gasteiger partial charge in [-0.25, -0.2) is 0 Å². The monoisotopic (exact) mass is 435 g/mol. The second kappa shape index (κ2) is 11.4. The Morgan fingerprint density at radius 1 is 1.19 bits per heavy atom. The van der Waals surface area contributed by atoms with Crippen molar-refractivity contribution in [3.05, 3.63) is 65.0 Å². The smallest absolute Gasteiger partial charge is 0.220 e. The number of carbonyl (C=O) groups excluding carboxylic acids is 2. The van der Waals surface area contributed by atoms with E-state index in [9.17, 15) is 9.59 Å². The Bertz CT molecular complexity index is 906. The third-order valence-electron chi connectivity index (χ3n) is 6.56. The minimum absolute atomic E-state index is 0.0914. The fraction of sp³-hybridized carbons (Fsp3) is 0.519. The summed E-state index contributed by atoms with van der Waals surface area (Å²) in [4.78, 5) is 31.5. The first-order valence-corrected chi connectivity index (χ1v) is 11.8. The highest BCUT2D eigenvalue weighted by atomic mass is 16.1. The van der Waals surface area contributed by atoms with Crippen LogP contribution in [0.25, 0.3) is 0 Å². The lowest BCUT2D eigenvalue weighted by Crippen LogP contribution is -2.42. The summed E-state index contributed by atoms with van der Waals surface area (Å²) in [6, 6.07) is 12.1. The molecule has 32 heavy (non-hydrogen) atoms. The Balaban J connectivity index is 1.59. The molecule has 1 saturated carbocycles. The van der Waals surface area contributed by atoms with E-state index in [-0.39, 0.29) is 23.7 Å². The zero-order valence-corrected chi connectivity index (χ0v) is 19.9. The Morgan fingerprint density at radius 3 is 2.56 bits per heavy atom. The summed E-state index contributed by atoms with van der Waals surface area (Å²) in [5, 5.41) is 3.17. The molecule has 3 rings (SSSR count). The molecule has 172 valence electrons. The average molecular weight is 436 g/mol. The molecule has 1 amide bonds. The van der Waals surface area contributed by atoms with Crippen LogP contribution in [0.15, 0.2) is 42.6 Å². The van der Waals surface area contributed by atoms with Crippen molar-refractivity contribution in [3.8, 4) is 0 Å². The quantitative estimate of drug-likeness (QED) is 0.497. The van der Waals surface area contributed by atoms with Crippen LogP contribution in [0.4, 0.5) is 0 Å². The first-order chi connectivity index (χ1) is 15.4. The molecule has 0 spiro atoms. The summed E-state index contributed by atoms with van der Waals surface area (Å²) in [5.41, 5.74) is 4.14. The molecule has 2 atom stereocenters. The molecule has 0 saturated heterocycles. The van der Waals surface area contributed by atoms with Crippen LogP contribution in [0, 0.1) is 12.8 Å². The second-order valence-electron chi connectivity index (χ2n) is 9.38. The van der Waals surface area contributed by atoms with Crippen molar-refractivity contribution in [2.24, 2.45) is 5.92 Å². The summed E-state index contributed by atoms with van der Waals surface area (Å²) in [5.74, 6) is 1.20. The highest BCUT2D eigenvalue weighted by Gasteiger charge is 2.28. The van der Waals surface area contributed by atoms with Crippen LogP contribution in [-0.2, 0) is 11.2 Å². The van der Waals surface area contributed by atoms with E-state index in [0.29, 0.717) is 19.4 Å². The molecular formula is C27H37N3O2. The number of Topliss-reactive ketones (excluding diaryl/α,β-unsaturated/α-hetero) is 1. The van der Waals surface area contributed by atoms with Gasteiger partial charge in [-0.2, -0.15) is 0 Å². The molecule has 0 bridgehead atoms. The maximum Gasteiger partial charge on any atom is 0.220 e. The number of pyridine rings is 1. The molecule has 0 unspecified atom stereocenters. The van der Waals surface area contributed by atoms with E-state index in [2.05, 4.69) is 28.2 Å². The van der Waals surface area contributed by atoms with Crippen LogP contribution in [0.1, 0.15) is 72.1 Å². The first kappa shape index (κ1) is 24.1. The molecule has 0 aliphatic heterocycles. The van der Waals surface area contributed by atoms with Gasteiger partial charge in [0.25, 0.3) is 0 Å². The van der Waals surface area contributed by atoms with E-state index in [1.54, 1.807) is 0 Å². The fourth-order valence-electron chi connectivity index (χ4n) is 4.20. The van der Waals surface area contributed by atoms with Gasteiger partial charge in [0.15, 0.2) is 5.78 Å². The maximum atomic E-state index is 12.8. The largest absolute Gasteiger partial charge is 0.355 e. The number of amides is 1. The number of aryl methyl sites for hydroxylation is 1. The van der Waals surface area contributed by atoms with E-state index in [0.717, 1.165) is 35.6 Å².